The molecular weight excluding hydrogens is 148 g/mol. The Morgan fingerprint density at radius 2 is 0.917 bits per heavy atom. The van der Waals surface area contributed by atoms with Gasteiger partial charge in [0.15, 0.2) is 0 Å². The third-order valence-corrected chi connectivity index (χ3v) is 0.990. The van der Waals surface area contributed by atoms with Crippen LogP contribution in [0.2, 0.25) is 0 Å². The number of rotatable bonds is 2. The summed E-state index contributed by atoms with van der Waals surface area (Å²) < 4.78 is 0. The highest BCUT2D eigenvalue weighted by Crippen LogP contribution is 2.18. The van der Waals surface area contributed by atoms with Crippen molar-refractivity contribution < 1.29 is 0 Å². The lowest BCUT2D eigenvalue weighted by atomic mass is 10.1. The zero-order chi connectivity index (χ0) is 9.83. The second kappa shape index (κ2) is 3.83. The standard InChI is InChI=1S/C10H20N2/c1-9(2,3)11-7-8-12-10(4,5)6/h7-8H,1-6H3/q-2/b8-7+. The first-order chi connectivity index (χ1) is 5.21. The summed E-state index contributed by atoms with van der Waals surface area (Å²) in [5.41, 5.74) is 0.00775. The molecule has 0 saturated heterocycles. The van der Waals surface area contributed by atoms with Crippen LogP contribution in [0.5, 0.6) is 0 Å². The van der Waals surface area contributed by atoms with E-state index in [1.54, 1.807) is 12.4 Å². The molecule has 0 atom stereocenters. The van der Waals surface area contributed by atoms with Gasteiger partial charge in [-0.3, -0.25) is 0 Å². The highest BCUT2D eigenvalue weighted by atomic mass is 15.0. The molecule has 0 aliphatic heterocycles. The maximum Gasteiger partial charge on any atom is -0.0765 e. The third-order valence-electron chi connectivity index (χ3n) is 0.990. The quantitative estimate of drug-likeness (QED) is 0.600. The Morgan fingerprint density at radius 3 is 1.08 bits per heavy atom. The Kier molecular flexibility index (Phi) is 3.62. The Hall–Kier alpha value is -0.660. The van der Waals surface area contributed by atoms with Gasteiger partial charge in [0.2, 0.25) is 0 Å². The first-order valence-electron chi connectivity index (χ1n) is 4.30. The Bertz CT molecular complexity index is 128. The maximum absolute atomic E-state index is 4.29. The molecule has 2 heteroatoms. The first-order valence-corrected chi connectivity index (χ1v) is 4.30. The van der Waals surface area contributed by atoms with Gasteiger partial charge >= 0.3 is 0 Å². The molecule has 0 amide bonds. The van der Waals surface area contributed by atoms with Gasteiger partial charge in [0, 0.05) is 0 Å². The minimum absolute atomic E-state index is 0.00387. The fraction of sp³-hybridized carbons (Fsp3) is 0.800. The molecule has 0 radical (unpaired) electrons. The molecule has 0 aromatic heterocycles. The lowest BCUT2D eigenvalue weighted by molar-refractivity contribution is 0.659. The summed E-state index contributed by atoms with van der Waals surface area (Å²) in [7, 11) is 0. The molecule has 0 heterocycles. The normalized spacial score (nSPS) is 13.5. The van der Waals surface area contributed by atoms with Crippen LogP contribution in [0, 0.1) is 0 Å². The Balaban J connectivity index is 3.66. The third kappa shape index (κ3) is 9.34. The molecule has 0 aromatic rings. The molecule has 72 valence electrons. The minimum atomic E-state index is 0.00387. The smallest absolute Gasteiger partial charge is 0.0765 e. The molecule has 2 nitrogen and oxygen atoms in total. The summed E-state index contributed by atoms with van der Waals surface area (Å²) in [6, 6.07) is 0. The van der Waals surface area contributed by atoms with Gasteiger partial charge in [-0.15, -0.1) is 11.1 Å². The molecule has 0 spiro atoms. The fourth-order valence-electron chi connectivity index (χ4n) is 0.514. The highest BCUT2D eigenvalue weighted by Gasteiger charge is 1.92. The second-order valence-corrected chi connectivity index (χ2v) is 4.90. The van der Waals surface area contributed by atoms with E-state index in [9.17, 15) is 0 Å². The van der Waals surface area contributed by atoms with E-state index in [0.717, 1.165) is 0 Å². The zero-order valence-corrected chi connectivity index (χ0v) is 9.05. The summed E-state index contributed by atoms with van der Waals surface area (Å²) in [5.74, 6) is 0. The van der Waals surface area contributed by atoms with Crippen LogP contribution in [-0.4, -0.2) is 11.1 Å². The van der Waals surface area contributed by atoms with Crippen molar-refractivity contribution in [3.63, 3.8) is 0 Å². The first kappa shape index (κ1) is 11.3. The van der Waals surface area contributed by atoms with Gasteiger partial charge in [0.05, 0.1) is 0 Å². The monoisotopic (exact) mass is 168 g/mol. The van der Waals surface area contributed by atoms with E-state index in [4.69, 9.17) is 0 Å². The van der Waals surface area contributed by atoms with Gasteiger partial charge in [0.25, 0.3) is 0 Å². The second-order valence-electron chi connectivity index (χ2n) is 4.90. The number of hydrogen-bond acceptors (Lipinski definition) is 0. The molecule has 0 saturated carbocycles. The van der Waals surface area contributed by atoms with E-state index in [0.29, 0.717) is 0 Å². The van der Waals surface area contributed by atoms with E-state index in [1.807, 2.05) is 0 Å². The lowest BCUT2D eigenvalue weighted by Gasteiger charge is -2.39. The van der Waals surface area contributed by atoms with Crippen LogP contribution in [0.25, 0.3) is 10.6 Å². The average Bonchev–Trinajstić information content (AvgIpc) is 1.76. The molecule has 0 aliphatic carbocycles. The summed E-state index contributed by atoms with van der Waals surface area (Å²) >= 11 is 0. The number of hydrogen-bond donors (Lipinski definition) is 0. The average molecular weight is 168 g/mol. The molecule has 0 N–H and O–H groups in total. The van der Waals surface area contributed by atoms with Crippen LogP contribution in [0.15, 0.2) is 12.4 Å². The van der Waals surface area contributed by atoms with E-state index < -0.39 is 0 Å². The van der Waals surface area contributed by atoms with Crippen LogP contribution in [0.4, 0.5) is 0 Å². The molecule has 0 aliphatic rings. The highest BCUT2D eigenvalue weighted by molar-refractivity contribution is 5.18. The van der Waals surface area contributed by atoms with Crippen LogP contribution in [0.1, 0.15) is 41.5 Å². The SMILES string of the molecule is CC(C)(C)[N-]/C=C/[N-]C(C)(C)C. The van der Waals surface area contributed by atoms with Crippen molar-refractivity contribution in [2.45, 2.75) is 52.6 Å². The van der Waals surface area contributed by atoms with Crippen molar-refractivity contribution in [1.29, 1.82) is 0 Å². The zero-order valence-electron chi connectivity index (χ0n) is 9.05. The minimum Gasteiger partial charge on any atom is -0.687 e. The summed E-state index contributed by atoms with van der Waals surface area (Å²) in [6.45, 7) is 12.4. The van der Waals surface area contributed by atoms with Crippen LogP contribution in [0.3, 0.4) is 0 Å². The largest absolute Gasteiger partial charge is 0.687 e. The predicted molar refractivity (Wildman–Crippen MR) is 55.4 cm³/mol. The van der Waals surface area contributed by atoms with E-state index in [2.05, 4.69) is 52.2 Å². The maximum atomic E-state index is 4.29. The van der Waals surface area contributed by atoms with Gasteiger partial charge in [0.1, 0.15) is 0 Å². The van der Waals surface area contributed by atoms with Crippen molar-refractivity contribution in [3.8, 4) is 0 Å². The summed E-state index contributed by atoms with van der Waals surface area (Å²) in [6.07, 6.45) is 3.54. The molecule has 0 rings (SSSR count). The van der Waals surface area contributed by atoms with Crippen LogP contribution < -0.4 is 0 Å². The molecule has 0 fully saturated rings. The summed E-state index contributed by atoms with van der Waals surface area (Å²) in [5, 5.41) is 8.57. The van der Waals surface area contributed by atoms with Crippen molar-refractivity contribution >= 4 is 0 Å². The Labute approximate surface area is 76.4 Å². The van der Waals surface area contributed by atoms with Crippen LogP contribution in [-0.2, 0) is 0 Å². The van der Waals surface area contributed by atoms with E-state index in [1.165, 1.54) is 0 Å². The topological polar surface area (TPSA) is 28.2 Å². The van der Waals surface area contributed by atoms with Gasteiger partial charge in [-0.2, -0.15) is 0 Å². The van der Waals surface area contributed by atoms with Gasteiger partial charge in [-0.05, 0) is 0 Å². The van der Waals surface area contributed by atoms with Crippen molar-refractivity contribution in [3.05, 3.63) is 23.0 Å². The summed E-state index contributed by atoms with van der Waals surface area (Å²) in [4.78, 5) is 0. The number of nitrogens with zero attached hydrogens (tertiary/aromatic N) is 2. The molecular formula is C10H20N2-2. The molecule has 0 bridgehead atoms. The molecule has 0 aromatic carbocycles. The van der Waals surface area contributed by atoms with E-state index in [-0.39, 0.29) is 11.1 Å². The fourth-order valence-corrected chi connectivity index (χ4v) is 0.514. The van der Waals surface area contributed by atoms with Gasteiger partial charge in [-0.25, -0.2) is 12.4 Å². The predicted octanol–water partition coefficient (Wildman–Crippen LogP) is 3.80. The van der Waals surface area contributed by atoms with Crippen molar-refractivity contribution in [1.82, 2.24) is 0 Å². The van der Waals surface area contributed by atoms with Crippen LogP contribution >= 0.6 is 0 Å². The lowest BCUT2D eigenvalue weighted by Crippen LogP contribution is -2.11. The molecule has 12 heavy (non-hydrogen) atoms. The van der Waals surface area contributed by atoms with Gasteiger partial charge in [-0.1, -0.05) is 41.5 Å². The van der Waals surface area contributed by atoms with Crippen molar-refractivity contribution in [2.75, 3.05) is 0 Å². The van der Waals surface area contributed by atoms with Gasteiger partial charge < -0.3 is 10.6 Å². The Morgan fingerprint density at radius 1 is 0.667 bits per heavy atom. The van der Waals surface area contributed by atoms with E-state index >= 15 is 0 Å². The van der Waals surface area contributed by atoms with Crippen molar-refractivity contribution in [2.24, 2.45) is 0 Å². The molecule has 0 unspecified atom stereocenters.